The Balaban J connectivity index is 1.68. The number of hydrogen-bond acceptors (Lipinski definition) is 4. The lowest BCUT2D eigenvalue weighted by Gasteiger charge is -2.24. The summed E-state index contributed by atoms with van der Waals surface area (Å²) in [7, 11) is 0. The number of alkyl halides is 3. The molecule has 5 nitrogen and oxygen atoms in total. The second-order valence-corrected chi connectivity index (χ2v) is 6.28. The molecule has 2 aromatic heterocycles. The molecule has 8 heteroatoms. The van der Waals surface area contributed by atoms with Gasteiger partial charge in [0, 0.05) is 31.0 Å². The number of hydrogen-bond donors (Lipinski definition) is 1. The molecule has 1 aromatic carbocycles. The number of anilines is 1. The first-order valence-corrected chi connectivity index (χ1v) is 8.37. The van der Waals surface area contributed by atoms with Crippen molar-refractivity contribution in [3.05, 3.63) is 48.2 Å². The zero-order valence-corrected chi connectivity index (χ0v) is 13.8. The topological polar surface area (TPSA) is 51.5 Å². The van der Waals surface area contributed by atoms with Crippen LogP contribution >= 0.6 is 0 Å². The highest BCUT2D eigenvalue weighted by atomic mass is 19.4. The minimum absolute atomic E-state index is 0.315. The second-order valence-electron chi connectivity index (χ2n) is 6.28. The maximum Gasteiger partial charge on any atom is 0.416 e. The Hall–Kier alpha value is -2.61. The van der Waals surface area contributed by atoms with Crippen molar-refractivity contribution in [2.24, 2.45) is 0 Å². The molecule has 3 heterocycles. The third-order valence-corrected chi connectivity index (χ3v) is 4.44. The van der Waals surface area contributed by atoms with Gasteiger partial charge in [0.05, 0.1) is 11.3 Å². The van der Waals surface area contributed by atoms with Gasteiger partial charge in [0.1, 0.15) is 0 Å². The molecule has 0 aliphatic carbocycles. The molecule has 1 N–H and O–H groups in total. The normalized spacial score (nSPS) is 16.1. The molecular weight excluding hydrogens is 345 g/mol. The molecule has 1 aliphatic heterocycles. The van der Waals surface area contributed by atoms with Crippen LogP contribution in [0.3, 0.4) is 0 Å². The quantitative estimate of drug-likeness (QED) is 0.765. The third kappa shape index (κ3) is 3.37. The number of pyridine rings is 1. The summed E-state index contributed by atoms with van der Waals surface area (Å²) < 4.78 is 46.0. The van der Waals surface area contributed by atoms with E-state index >= 15 is 0 Å². The van der Waals surface area contributed by atoms with Gasteiger partial charge in [-0.2, -0.15) is 13.2 Å². The summed E-state index contributed by atoms with van der Waals surface area (Å²) in [5.74, 6) is 0.377. The van der Waals surface area contributed by atoms with Crippen LogP contribution in [-0.4, -0.2) is 33.9 Å². The predicted octanol–water partition coefficient (Wildman–Crippen LogP) is 4.01. The van der Waals surface area contributed by atoms with Gasteiger partial charge in [-0.05, 0) is 37.1 Å². The molecular formula is C18H17F3N4O. The van der Waals surface area contributed by atoms with E-state index in [9.17, 15) is 13.2 Å². The summed E-state index contributed by atoms with van der Waals surface area (Å²) in [6.07, 6.45) is -0.742. The van der Waals surface area contributed by atoms with E-state index in [0.29, 0.717) is 23.1 Å². The molecule has 1 aliphatic rings. The first kappa shape index (κ1) is 16.8. The number of ether oxygens (including phenoxy) is 1. The van der Waals surface area contributed by atoms with Crippen LogP contribution < -0.4 is 5.32 Å². The van der Waals surface area contributed by atoms with Gasteiger partial charge in [0.15, 0.2) is 11.5 Å². The van der Waals surface area contributed by atoms with Gasteiger partial charge < -0.3 is 10.1 Å². The zero-order chi connectivity index (χ0) is 18.1. The molecule has 0 radical (unpaired) electrons. The van der Waals surface area contributed by atoms with Gasteiger partial charge >= 0.3 is 6.18 Å². The van der Waals surface area contributed by atoms with Gasteiger partial charge in [-0.3, -0.25) is 4.40 Å². The molecule has 4 rings (SSSR count). The van der Waals surface area contributed by atoms with Gasteiger partial charge in [0.25, 0.3) is 0 Å². The van der Waals surface area contributed by atoms with Crippen molar-refractivity contribution in [3.63, 3.8) is 0 Å². The summed E-state index contributed by atoms with van der Waals surface area (Å²) in [6, 6.07) is 9.13. The average molecular weight is 362 g/mol. The smallest absolute Gasteiger partial charge is 0.381 e. The van der Waals surface area contributed by atoms with Crippen LogP contribution in [-0.2, 0) is 10.9 Å². The van der Waals surface area contributed by atoms with E-state index in [2.05, 4.69) is 15.5 Å². The molecule has 0 spiro atoms. The van der Waals surface area contributed by atoms with E-state index in [-0.39, 0.29) is 0 Å². The first-order valence-electron chi connectivity index (χ1n) is 8.37. The number of rotatable bonds is 3. The van der Waals surface area contributed by atoms with Crippen LogP contribution in [0.2, 0.25) is 0 Å². The highest BCUT2D eigenvalue weighted by Gasteiger charge is 2.30. The van der Waals surface area contributed by atoms with Crippen molar-refractivity contribution in [3.8, 4) is 11.4 Å². The van der Waals surface area contributed by atoms with E-state index < -0.39 is 11.7 Å². The van der Waals surface area contributed by atoms with Crippen molar-refractivity contribution in [1.29, 1.82) is 0 Å². The first-order chi connectivity index (χ1) is 12.5. The molecule has 0 atom stereocenters. The van der Waals surface area contributed by atoms with Gasteiger partial charge in [-0.25, -0.2) is 0 Å². The lowest BCUT2D eigenvalue weighted by atomic mass is 10.1. The predicted molar refractivity (Wildman–Crippen MR) is 90.9 cm³/mol. The Morgan fingerprint density at radius 1 is 1.08 bits per heavy atom. The highest BCUT2D eigenvalue weighted by molar-refractivity contribution is 5.62. The van der Waals surface area contributed by atoms with Gasteiger partial charge in [0.2, 0.25) is 0 Å². The monoisotopic (exact) mass is 362 g/mol. The van der Waals surface area contributed by atoms with E-state index in [1.165, 1.54) is 6.07 Å². The molecule has 26 heavy (non-hydrogen) atoms. The highest BCUT2D eigenvalue weighted by Crippen LogP contribution is 2.32. The molecule has 0 bridgehead atoms. The number of fused-ring (bicyclic) bond motifs is 1. The average Bonchev–Trinajstić information content (AvgIpc) is 3.05. The Morgan fingerprint density at radius 2 is 1.88 bits per heavy atom. The second kappa shape index (κ2) is 6.60. The molecule has 1 saturated heterocycles. The molecule has 0 amide bonds. The Morgan fingerprint density at radius 3 is 2.65 bits per heavy atom. The number of nitrogens with one attached hydrogen (secondary N) is 1. The van der Waals surface area contributed by atoms with Crippen LogP contribution in [0.4, 0.5) is 18.9 Å². The maximum absolute atomic E-state index is 13.0. The fourth-order valence-electron chi connectivity index (χ4n) is 3.09. The lowest BCUT2D eigenvalue weighted by molar-refractivity contribution is -0.137. The summed E-state index contributed by atoms with van der Waals surface area (Å²) >= 11 is 0. The zero-order valence-electron chi connectivity index (χ0n) is 13.8. The van der Waals surface area contributed by atoms with Crippen molar-refractivity contribution in [2.45, 2.75) is 25.1 Å². The van der Waals surface area contributed by atoms with Gasteiger partial charge in [-0.15, -0.1) is 10.2 Å². The minimum atomic E-state index is -4.40. The number of nitrogens with zero attached hydrogens (tertiary/aromatic N) is 3. The van der Waals surface area contributed by atoms with Crippen molar-refractivity contribution < 1.29 is 17.9 Å². The van der Waals surface area contributed by atoms with Gasteiger partial charge in [-0.1, -0.05) is 12.1 Å². The Kier molecular flexibility index (Phi) is 4.28. The van der Waals surface area contributed by atoms with Crippen LogP contribution in [0, 0.1) is 0 Å². The van der Waals surface area contributed by atoms with Crippen molar-refractivity contribution >= 4 is 11.3 Å². The standard InChI is InChI=1S/C18H17F3N4O/c19-18(20,21)13-3-1-2-12(10-13)17-24-23-16-5-4-15(11-25(16)17)22-14-6-8-26-9-7-14/h1-5,10-11,14,22H,6-9H2. The fourth-order valence-corrected chi connectivity index (χ4v) is 3.09. The van der Waals surface area contributed by atoms with E-state index in [1.54, 1.807) is 16.5 Å². The SMILES string of the molecule is FC(F)(F)c1cccc(-c2nnc3ccc(NC4CCOCC4)cn23)c1. The van der Waals surface area contributed by atoms with E-state index in [4.69, 9.17) is 4.74 Å². The number of aromatic nitrogens is 3. The van der Waals surface area contributed by atoms with Crippen LogP contribution in [0.25, 0.3) is 17.0 Å². The van der Waals surface area contributed by atoms with Crippen LogP contribution in [0.5, 0.6) is 0 Å². The lowest BCUT2D eigenvalue weighted by Crippen LogP contribution is -2.27. The van der Waals surface area contributed by atoms with Crippen LogP contribution in [0.15, 0.2) is 42.6 Å². The Bertz CT molecular complexity index is 916. The summed E-state index contributed by atoms with van der Waals surface area (Å²) in [6.45, 7) is 1.45. The summed E-state index contributed by atoms with van der Waals surface area (Å²) in [5, 5.41) is 11.6. The summed E-state index contributed by atoms with van der Waals surface area (Å²) in [4.78, 5) is 0. The largest absolute Gasteiger partial charge is 0.416 e. The Labute approximate surface area is 147 Å². The number of halogens is 3. The summed E-state index contributed by atoms with van der Waals surface area (Å²) in [5.41, 5.74) is 1.12. The van der Waals surface area contributed by atoms with E-state index in [1.807, 2.05) is 12.3 Å². The number of benzene rings is 1. The fraction of sp³-hybridized carbons (Fsp3) is 0.333. The molecule has 1 fully saturated rings. The third-order valence-electron chi connectivity index (χ3n) is 4.44. The maximum atomic E-state index is 13.0. The van der Waals surface area contributed by atoms with E-state index in [0.717, 1.165) is 43.9 Å². The molecule has 0 unspecified atom stereocenters. The molecule has 3 aromatic rings. The van der Waals surface area contributed by atoms with Crippen molar-refractivity contribution in [1.82, 2.24) is 14.6 Å². The van der Waals surface area contributed by atoms with Crippen LogP contribution in [0.1, 0.15) is 18.4 Å². The van der Waals surface area contributed by atoms with Crippen molar-refractivity contribution in [2.75, 3.05) is 18.5 Å². The molecule has 136 valence electrons. The minimum Gasteiger partial charge on any atom is -0.381 e. The molecule has 0 saturated carbocycles.